The maximum absolute atomic E-state index is 5.41. The molecule has 0 aliphatic carbocycles. The Bertz CT molecular complexity index is 401. The first-order valence-corrected chi connectivity index (χ1v) is 9.23. The predicted octanol–water partition coefficient (Wildman–Crippen LogP) is -0.898. The molecule has 0 amide bonds. The number of ether oxygens (including phenoxy) is 1. The molecule has 1 rings (SSSR count). The zero-order valence-electron chi connectivity index (χ0n) is 15.6. The van der Waals surface area contributed by atoms with Gasteiger partial charge in [-0.1, -0.05) is 12.1 Å². The van der Waals surface area contributed by atoms with Gasteiger partial charge >= 0.3 is 0 Å². The summed E-state index contributed by atoms with van der Waals surface area (Å²) < 4.78 is 5.15. The molecule has 0 fully saturated rings. The third-order valence-corrected chi connectivity index (χ3v) is 3.72. The molecule has 144 valence electrons. The second-order valence-corrected chi connectivity index (χ2v) is 5.81. The van der Waals surface area contributed by atoms with Crippen LogP contribution in [-0.4, -0.2) is 72.6 Å². The Morgan fingerprint density at radius 1 is 0.680 bits per heavy atom. The maximum atomic E-state index is 5.41. The highest BCUT2D eigenvalue weighted by molar-refractivity contribution is 5.26. The third kappa shape index (κ3) is 12.7. The largest absolute Gasteiger partial charge is 0.497 e. The Balaban J connectivity index is 1.78. The van der Waals surface area contributed by atoms with E-state index in [1.807, 2.05) is 12.1 Å². The van der Waals surface area contributed by atoms with E-state index in [1.165, 1.54) is 5.56 Å². The zero-order chi connectivity index (χ0) is 18.0. The van der Waals surface area contributed by atoms with Gasteiger partial charge in [-0.2, -0.15) is 0 Å². The Hall–Kier alpha value is -1.22. The molecule has 7 N–H and O–H groups in total. The zero-order valence-corrected chi connectivity index (χ0v) is 15.6. The van der Waals surface area contributed by atoms with Crippen LogP contribution in [-0.2, 0) is 6.54 Å². The van der Waals surface area contributed by atoms with E-state index in [0.29, 0.717) is 6.54 Å². The highest BCUT2D eigenvalue weighted by atomic mass is 16.5. The van der Waals surface area contributed by atoms with Gasteiger partial charge in [0.05, 0.1) is 7.11 Å². The minimum atomic E-state index is 0.700. The average molecular weight is 353 g/mol. The van der Waals surface area contributed by atoms with Crippen molar-refractivity contribution in [3.05, 3.63) is 29.8 Å². The van der Waals surface area contributed by atoms with Crippen molar-refractivity contribution in [1.82, 2.24) is 26.6 Å². The van der Waals surface area contributed by atoms with E-state index in [4.69, 9.17) is 10.5 Å². The van der Waals surface area contributed by atoms with Gasteiger partial charge in [-0.05, 0) is 17.7 Å². The van der Waals surface area contributed by atoms with Gasteiger partial charge in [-0.25, -0.2) is 0 Å². The first kappa shape index (κ1) is 21.8. The van der Waals surface area contributed by atoms with Crippen LogP contribution in [0.25, 0.3) is 0 Å². The summed E-state index contributed by atoms with van der Waals surface area (Å²) in [4.78, 5) is 0. The van der Waals surface area contributed by atoms with Crippen LogP contribution in [0.4, 0.5) is 0 Å². The van der Waals surface area contributed by atoms with E-state index in [9.17, 15) is 0 Å². The summed E-state index contributed by atoms with van der Waals surface area (Å²) in [7, 11) is 1.69. The van der Waals surface area contributed by atoms with E-state index in [1.54, 1.807) is 7.11 Å². The lowest BCUT2D eigenvalue weighted by Gasteiger charge is -2.09. The second kappa shape index (κ2) is 16.3. The molecule has 0 saturated heterocycles. The van der Waals surface area contributed by atoms with E-state index >= 15 is 0 Å². The molecule has 0 heterocycles. The molecular weight excluding hydrogens is 316 g/mol. The molecule has 0 bridgehead atoms. The lowest BCUT2D eigenvalue weighted by atomic mass is 10.2. The van der Waals surface area contributed by atoms with Crippen LogP contribution in [0.5, 0.6) is 5.75 Å². The van der Waals surface area contributed by atoms with Gasteiger partial charge in [0.2, 0.25) is 0 Å². The van der Waals surface area contributed by atoms with Crippen molar-refractivity contribution < 1.29 is 4.74 Å². The number of nitrogens with one attached hydrogen (secondary N) is 5. The topological polar surface area (TPSA) is 95.4 Å². The number of benzene rings is 1. The van der Waals surface area contributed by atoms with Crippen molar-refractivity contribution in [1.29, 1.82) is 0 Å². The molecule has 25 heavy (non-hydrogen) atoms. The standard InChI is InChI=1S/C18H36N6O/c1-25-18-4-2-17(3-5-18)16-24-15-14-23-13-12-22-11-10-21-9-8-20-7-6-19/h2-5,20-24H,6-16,19H2,1H3. The van der Waals surface area contributed by atoms with Crippen LogP contribution >= 0.6 is 0 Å². The molecule has 7 nitrogen and oxygen atoms in total. The molecule has 0 aliphatic heterocycles. The molecule has 1 aromatic carbocycles. The lowest BCUT2D eigenvalue weighted by molar-refractivity contribution is 0.414. The number of methoxy groups -OCH3 is 1. The van der Waals surface area contributed by atoms with Gasteiger partial charge in [-0.3, -0.25) is 0 Å². The van der Waals surface area contributed by atoms with Crippen LogP contribution in [0.15, 0.2) is 24.3 Å². The molecule has 7 heteroatoms. The SMILES string of the molecule is COc1ccc(CNCCNCCNCCNCCNCCN)cc1. The first-order valence-electron chi connectivity index (χ1n) is 9.23. The highest BCUT2D eigenvalue weighted by Crippen LogP contribution is 2.10. The summed E-state index contributed by atoms with van der Waals surface area (Å²) in [5.74, 6) is 0.899. The van der Waals surface area contributed by atoms with Crippen LogP contribution in [0.3, 0.4) is 0 Å². The van der Waals surface area contributed by atoms with Crippen molar-refractivity contribution in [2.24, 2.45) is 5.73 Å². The Morgan fingerprint density at radius 2 is 1.12 bits per heavy atom. The second-order valence-electron chi connectivity index (χ2n) is 5.81. The van der Waals surface area contributed by atoms with Crippen molar-refractivity contribution in [3.8, 4) is 5.75 Å². The van der Waals surface area contributed by atoms with Crippen LogP contribution < -0.4 is 37.1 Å². The van der Waals surface area contributed by atoms with Gasteiger partial charge in [0, 0.05) is 72.0 Å². The number of hydrogen-bond donors (Lipinski definition) is 6. The molecule has 1 aromatic rings. The van der Waals surface area contributed by atoms with Crippen molar-refractivity contribution in [2.75, 3.05) is 72.6 Å². The molecule has 0 spiro atoms. The minimum Gasteiger partial charge on any atom is -0.497 e. The Kier molecular flexibility index (Phi) is 14.2. The number of nitrogens with two attached hydrogens (primary N) is 1. The fourth-order valence-electron chi connectivity index (χ4n) is 2.29. The molecule has 0 aromatic heterocycles. The fourth-order valence-corrected chi connectivity index (χ4v) is 2.29. The van der Waals surface area contributed by atoms with Crippen LogP contribution in [0, 0.1) is 0 Å². The molecule has 0 saturated carbocycles. The first-order chi connectivity index (χ1) is 12.4. The monoisotopic (exact) mass is 352 g/mol. The molecule has 0 unspecified atom stereocenters. The Morgan fingerprint density at radius 3 is 1.56 bits per heavy atom. The number of hydrogen-bond acceptors (Lipinski definition) is 7. The normalized spacial score (nSPS) is 11.0. The highest BCUT2D eigenvalue weighted by Gasteiger charge is 1.94. The van der Waals surface area contributed by atoms with Crippen molar-refractivity contribution >= 4 is 0 Å². The molecular formula is C18H36N6O. The van der Waals surface area contributed by atoms with Gasteiger partial charge in [-0.15, -0.1) is 0 Å². The maximum Gasteiger partial charge on any atom is 0.118 e. The van der Waals surface area contributed by atoms with E-state index in [0.717, 1.165) is 71.2 Å². The summed E-state index contributed by atoms with van der Waals surface area (Å²) in [6.45, 7) is 10.3. The number of rotatable bonds is 17. The average Bonchev–Trinajstić information content (AvgIpc) is 2.65. The summed E-state index contributed by atoms with van der Waals surface area (Å²) in [5, 5.41) is 16.9. The smallest absolute Gasteiger partial charge is 0.118 e. The fraction of sp³-hybridized carbons (Fsp3) is 0.667. The van der Waals surface area contributed by atoms with Gasteiger partial charge in [0.1, 0.15) is 5.75 Å². The summed E-state index contributed by atoms with van der Waals surface area (Å²) >= 11 is 0. The summed E-state index contributed by atoms with van der Waals surface area (Å²) in [5.41, 5.74) is 6.68. The van der Waals surface area contributed by atoms with E-state index < -0.39 is 0 Å². The third-order valence-electron chi connectivity index (χ3n) is 3.72. The van der Waals surface area contributed by atoms with Crippen LogP contribution in [0.2, 0.25) is 0 Å². The minimum absolute atomic E-state index is 0.700. The van der Waals surface area contributed by atoms with Gasteiger partial charge < -0.3 is 37.1 Å². The van der Waals surface area contributed by atoms with E-state index in [2.05, 4.69) is 38.7 Å². The molecule has 0 atom stereocenters. The quantitative estimate of drug-likeness (QED) is 0.202. The summed E-state index contributed by atoms with van der Waals surface area (Å²) in [6.07, 6.45) is 0. The molecule has 0 radical (unpaired) electrons. The van der Waals surface area contributed by atoms with Crippen molar-refractivity contribution in [2.45, 2.75) is 6.54 Å². The molecule has 0 aliphatic rings. The van der Waals surface area contributed by atoms with Crippen molar-refractivity contribution in [3.63, 3.8) is 0 Å². The predicted molar refractivity (Wildman–Crippen MR) is 105 cm³/mol. The van der Waals surface area contributed by atoms with Gasteiger partial charge in [0.25, 0.3) is 0 Å². The lowest BCUT2D eigenvalue weighted by Crippen LogP contribution is -2.36. The van der Waals surface area contributed by atoms with E-state index in [-0.39, 0.29) is 0 Å². The van der Waals surface area contributed by atoms with Crippen LogP contribution in [0.1, 0.15) is 5.56 Å². The van der Waals surface area contributed by atoms with Gasteiger partial charge in [0.15, 0.2) is 0 Å². The summed E-state index contributed by atoms with van der Waals surface area (Å²) in [6, 6.07) is 8.16. The Labute approximate surface area is 152 Å².